The van der Waals surface area contributed by atoms with Crippen molar-refractivity contribution in [2.24, 2.45) is 0 Å². The molecule has 22 heavy (non-hydrogen) atoms. The molecule has 1 N–H and O–H groups in total. The predicted octanol–water partition coefficient (Wildman–Crippen LogP) is 3.33. The molecule has 0 aliphatic carbocycles. The average Bonchev–Trinajstić information content (AvgIpc) is 2.73. The maximum atomic E-state index is 12.0. The zero-order chi connectivity index (χ0) is 16.3. The Labute approximate surface area is 131 Å². The van der Waals surface area contributed by atoms with Gasteiger partial charge in [-0.25, -0.2) is 0 Å². The minimum atomic E-state index is -0.486. The van der Waals surface area contributed by atoms with Gasteiger partial charge >= 0.3 is 0 Å². The number of hydrogen-bond acceptors (Lipinski definition) is 5. The first-order valence-electron chi connectivity index (χ1n) is 6.45. The Hall–Kier alpha value is -2.72. The Morgan fingerprint density at radius 2 is 2.00 bits per heavy atom. The van der Waals surface area contributed by atoms with Crippen molar-refractivity contribution in [2.75, 3.05) is 5.32 Å². The predicted molar refractivity (Wildman–Crippen MR) is 83.9 cm³/mol. The van der Waals surface area contributed by atoms with Crippen LogP contribution in [0.5, 0.6) is 0 Å². The molecule has 0 radical (unpaired) electrons. The summed E-state index contributed by atoms with van der Waals surface area (Å²) < 4.78 is 0. The minimum absolute atomic E-state index is 0.0135. The molecule has 2 rings (SSSR count). The summed E-state index contributed by atoms with van der Waals surface area (Å²) in [6.07, 6.45) is 0.0961. The van der Waals surface area contributed by atoms with E-state index >= 15 is 0 Å². The summed E-state index contributed by atoms with van der Waals surface area (Å²) >= 11 is 1.37. The van der Waals surface area contributed by atoms with E-state index in [9.17, 15) is 14.9 Å². The van der Waals surface area contributed by atoms with Crippen LogP contribution in [-0.2, 0) is 11.2 Å². The zero-order valence-corrected chi connectivity index (χ0v) is 12.9. The summed E-state index contributed by atoms with van der Waals surface area (Å²) in [6.45, 7) is 3.74. The van der Waals surface area contributed by atoms with Gasteiger partial charge in [0.15, 0.2) is 0 Å². The average molecular weight is 315 g/mol. The number of benzene rings is 1. The quantitative estimate of drug-likeness (QED) is 0.691. The van der Waals surface area contributed by atoms with Crippen LogP contribution in [-0.4, -0.2) is 10.8 Å². The van der Waals surface area contributed by atoms with Crippen LogP contribution >= 0.6 is 11.3 Å². The number of nitro groups is 1. The van der Waals surface area contributed by atoms with Crippen molar-refractivity contribution in [1.29, 1.82) is 5.26 Å². The van der Waals surface area contributed by atoms with Gasteiger partial charge in [0.05, 0.1) is 16.9 Å². The summed E-state index contributed by atoms with van der Waals surface area (Å²) in [4.78, 5) is 23.1. The molecular weight excluding hydrogens is 302 g/mol. The topological polar surface area (TPSA) is 96.0 Å². The number of anilines is 1. The third kappa shape index (κ3) is 3.30. The van der Waals surface area contributed by atoms with Crippen LogP contribution in [0.25, 0.3) is 0 Å². The van der Waals surface area contributed by atoms with Crippen LogP contribution in [0.3, 0.4) is 0 Å². The van der Waals surface area contributed by atoms with E-state index < -0.39 is 4.92 Å². The van der Waals surface area contributed by atoms with E-state index in [4.69, 9.17) is 5.26 Å². The Kier molecular flexibility index (Phi) is 4.53. The Bertz CT molecular complexity index is 773. The first-order chi connectivity index (χ1) is 10.4. The zero-order valence-electron chi connectivity index (χ0n) is 12.0. The Balaban J connectivity index is 2.09. The van der Waals surface area contributed by atoms with Gasteiger partial charge in [0.2, 0.25) is 5.91 Å². The van der Waals surface area contributed by atoms with Gasteiger partial charge in [0.25, 0.3) is 5.69 Å². The highest BCUT2D eigenvalue weighted by molar-refractivity contribution is 7.16. The minimum Gasteiger partial charge on any atom is -0.316 e. The van der Waals surface area contributed by atoms with Gasteiger partial charge < -0.3 is 5.32 Å². The molecule has 0 aliphatic heterocycles. The highest BCUT2D eigenvalue weighted by Gasteiger charge is 2.15. The fraction of sp³-hybridized carbons (Fsp3) is 0.200. The molecular formula is C15H13N3O3S. The van der Waals surface area contributed by atoms with Crippen molar-refractivity contribution >= 4 is 27.9 Å². The van der Waals surface area contributed by atoms with Gasteiger partial charge in [0, 0.05) is 17.0 Å². The molecule has 1 aromatic carbocycles. The highest BCUT2D eigenvalue weighted by atomic mass is 32.1. The van der Waals surface area contributed by atoms with Crippen molar-refractivity contribution in [3.05, 3.63) is 55.9 Å². The molecule has 1 aromatic heterocycles. The summed E-state index contributed by atoms with van der Waals surface area (Å²) in [7, 11) is 0. The third-order valence-corrected chi connectivity index (χ3v) is 4.38. The van der Waals surface area contributed by atoms with Crippen molar-refractivity contribution in [3.63, 3.8) is 0 Å². The largest absolute Gasteiger partial charge is 0.316 e. The number of carbonyl (C=O) groups is 1. The van der Waals surface area contributed by atoms with Crippen LogP contribution in [0.15, 0.2) is 24.3 Å². The molecule has 0 bridgehead atoms. The first kappa shape index (κ1) is 15.7. The smallest absolute Gasteiger partial charge is 0.269 e. The van der Waals surface area contributed by atoms with Crippen LogP contribution in [0, 0.1) is 35.3 Å². The molecule has 0 atom stereocenters. The number of non-ortho nitro benzene ring substituents is 1. The lowest BCUT2D eigenvalue weighted by Crippen LogP contribution is -2.14. The highest BCUT2D eigenvalue weighted by Crippen LogP contribution is 2.31. The van der Waals surface area contributed by atoms with Gasteiger partial charge in [-0.05, 0) is 25.0 Å². The molecule has 1 heterocycles. The van der Waals surface area contributed by atoms with E-state index in [0.717, 1.165) is 10.4 Å². The van der Waals surface area contributed by atoms with Crippen LogP contribution in [0.4, 0.5) is 10.7 Å². The van der Waals surface area contributed by atoms with E-state index in [2.05, 4.69) is 11.4 Å². The van der Waals surface area contributed by atoms with Gasteiger partial charge in [-0.15, -0.1) is 11.3 Å². The maximum Gasteiger partial charge on any atom is 0.269 e. The molecule has 0 saturated carbocycles. The van der Waals surface area contributed by atoms with Crippen LogP contribution < -0.4 is 5.32 Å². The summed E-state index contributed by atoms with van der Waals surface area (Å²) in [5.41, 5.74) is 2.02. The number of aryl methyl sites for hydroxylation is 1. The van der Waals surface area contributed by atoms with E-state index in [1.54, 1.807) is 12.1 Å². The number of nitriles is 1. The van der Waals surface area contributed by atoms with E-state index in [1.165, 1.54) is 23.5 Å². The molecule has 2 aromatic rings. The van der Waals surface area contributed by atoms with Gasteiger partial charge in [-0.3, -0.25) is 14.9 Å². The maximum absolute atomic E-state index is 12.0. The molecule has 6 nitrogen and oxygen atoms in total. The number of amides is 1. The normalized spacial score (nSPS) is 10.0. The molecule has 0 fully saturated rings. The number of nitrogens with one attached hydrogen (secondary N) is 1. The standard InChI is InChI=1S/C15H13N3O3S/c1-9-10(2)22-15(13(9)8-16)17-14(19)7-11-3-5-12(6-4-11)18(20)21/h3-6H,7H2,1-2H3,(H,17,19). The summed E-state index contributed by atoms with van der Waals surface area (Å²) in [5, 5.41) is 23.0. The van der Waals surface area contributed by atoms with Gasteiger partial charge in [0.1, 0.15) is 11.1 Å². The fourth-order valence-electron chi connectivity index (χ4n) is 1.94. The number of nitro benzene ring substituents is 1. The van der Waals surface area contributed by atoms with Gasteiger partial charge in [-0.1, -0.05) is 12.1 Å². The van der Waals surface area contributed by atoms with Crippen molar-refractivity contribution in [2.45, 2.75) is 20.3 Å². The Morgan fingerprint density at radius 1 is 1.36 bits per heavy atom. The number of carbonyl (C=O) groups excluding carboxylic acids is 1. The second kappa shape index (κ2) is 6.37. The number of thiophene rings is 1. The lowest BCUT2D eigenvalue weighted by molar-refractivity contribution is -0.384. The molecule has 0 spiro atoms. The van der Waals surface area contributed by atoms with E-state index in [1.807, 2.05) is 13.8 Å². The van der Waals surface area contributed by atoms with E-state index in [-0.39, 0.29) is 18.0 Å². The Morgan fingerprint density at radius 3 is 2.55 bits per heavy atom. The molecule has 0 unspecified atom stereocenters. The van der Waals surface area contributed by atoms with Crippen LogP contribution in [0.1, 0.15) is 21.6 Å². The number of hydrogen-bond donors (Lipinski definition) is 1. The fourth-order valence-corrected chi connectivity index (χ4v) is 2.97. The molecule has 7 heteroatoms. The summed E-state index contributed by atoms with van der Waals surface area (Å²) in [6, 6.07) is 7.92. The lowest BCUT2D eigenvalue weighted by atomic mass is 10.1. The second-order valence-electron chi connectivity index (χ2n) is 4.75. The monoisotopic (exact) mass is 315 g/mol. The second-order valence-corrected chi connectivity index (χ2v) is 5.97. The third-order valence-electron chi connectivity index (χ3n) is 3.26. The van der Waals surface area contributed by atoms with Crippen molar-refractivity contribution in [3.8, 4) is 6.07 Å². The molecule has 1 amide bonds. The first-order valence-corrected chi connectivity index (χ1v) is 7.27. The summed E-state index contributed by atoms with van der Waals surface area (Å²) in [5.74, 6) is -0.258. The molecule has 112 valence electrons. The van der Waals surface area contributed by atoms with Crippen LogP contribution in [0.2, 0.25) is 0 Å². The van der Waals surface area contributed by atoms with Gasteiger partial charge in [-0.2, -0.15) is 5.26 Å². The number of nitrogens with zero attached hydrogens (tertiary/aromatic N) is 2. The van der Waals surface area contributed by atoms with E-state index in [0.29, 0.717) is 16.1 Å². The molecule has 0 saturated heterocycles. The molecule has 0 aliphatic rings. The van der Waals surface area contributed by atoms with Crippen molar-refractivity contribution < 1.29 is 9.72 Å². The lowest BCUT2D eigenvalue weighted by Gasteiger charge is -2.03. The van der Waals surface area contributed by atoms with Crippen molar-refractivity contribution in [1.82, 2.24) is 0 Å². The SMILES string of the molecule is Cc1sc(NC(=O)Cc2ccc([N+](=O)[O-])cc2)c(C#N)c1C. The number of rotatable bonds is 4.